The van der Waals surface area contributed by atoms with Crippen molar-refractivity contribution < 1.29 is 23.9 Å². The molecule has 1 fully saturated rings. The van der Waals surface area contributed by atoms with Crippen LogP contribution in [-0.2, 0) is 23.9 Å². The molecule has 13 heteroatoms. The summed E-state index contributed by atoms with van der Waals surface area (Å²) in [7, 11) is 0. The lowest BCUT2D eigenvalue weighted by Gasteiger charge is -2.50. The number of nitrogens with zero attached hydrogens (tertiary/aromatic N) is 3. The Kier molecular flexibility index (Phi) is 9.61. The first-order valence-electron chi connectivity index (χ1n) is 12.9. The third-order valence-electron chi connectivity index (χ3n) is 6.63. The van der Waals surface area contributed by atoms with E-state index in [9.17, 15) is 19.2 Å². The monoisotopic (exact) mass is 684 g/mol. The summed E-state index contributed by atoms with van der Waals surface area (Å²) >= 11 is 11.5. The maximum absolute atomic E-state index is 14.0. The van der Waals surface area contributed by atoms with Gasteiger partial charge in [0.15, 0.2) is 16.9 Å². The van der Waals surface area contributed by atoms with E-state index in [0.717, 1.165) is 16.1 Å². The summed E-state index contributed by atoms with van der Waals surface area (Å²) < 4.78 is 6.16. The van der Waals surface area contributed by atoms with E-state index in [0.29, 0.717) is 21.2 Å². The number of thiocarbonyl (C=S) groups is 1. The molecule has 0 radical (unpaired) electrons. The van der Waals surface area contributed by atoms with Gasteiger partial charge in [-0.05, 0) is 23.6 Å². The van der Waals surface area contributed by atoms with Crippen LogP contribution in [0.15, 0.2) is 71.9 Å². The number of aryl methyl sites for hydroxylation is 1. The molecule has 2 unspecified atom stereocenters. The first-order chi connectivity index (χ1) is 20.3. The minimum Gasteiger partial charge on any atom is -0.448 e. The number of ketones is 1. The Morgan fingerprint density at radius 1 is 1.10 bits per heavy atom. The van der Waals surface area contributed by atoms with Crippen LogP contribution in [0.3, 0.4) is 0 Å². The van der Waals surface area contributed by atoms with Crippen LogP contribution in [0.1, 0.15) is 40.1 Å². The molecule has 2 aromatic carbocycles. The van der Waals surface area contributed by atoms with E-state index in [1.807, 2.05) is 67.6 Å². The zero-order valence-corrected chi connectivity index (χ0v) is 26.4. The Morgan fingerprint density at radius 2 is 1.74 bits per heavy atom. The summed E-state index contributed by atoms with van der Waals surface area (Å²) in [5.41, 5.74) is 2.30. The number of alkyl halides is 1. The largest absolute Gasteiger partial charge is 0.448 e. The highest BCUT2D eigenvalue weighted by molar-refractivity contribution is 9.09. The molecular weight excluding hydrogens is 660 g/mol. The van der Waals surface area contributed by atoms with Crippen LogP contribution in [0.5, 0.6) is 0 Å². The number of Topliss-reactive ketones (excluding diaryl/α,β-unsaturated/α-hetero) is 1. The van der Waals surface area contributed by atoms with Gasteiger partial charge in [-0.25, -0.2) is 4.79 Å². The average Bonchev–Trinajstić information content (AvgIpc) is 3.45. The summed E-state index contributed by atoms with van der Waals surface area (Å²) in [6.07, 6.45) is -0.842. The number of halogens is 1. The summed E-state index contributed by atoms with van der Waals surface area (Å²) in [4.78, 5) is 53.5. The number of ether oxygens (including phenoxy) is 1. The number of aromatic nitrogens is 2. The molecule has 0 spiro atoms. The lowest BCUT2D eigenvalue weighted by molar-refractivity contribution is -0.154. The highest BCUT2D eigenvalue weighted by Gasteiger charge is 2.54. The van der Waals surface area contributed by atoms with Gasteiger partial charge in [-0.2, -0.15) is 0 Å². The topological polar surface area (TPSA) is 119 Å². The van der Waals surface area contributed by atoms with E-state index in [4.69, 9.17) is 17.0 Å². The number of β-lactam (4-membered cyclic amide) rings is 1. The van der Waals surface area contributed by atoms with Gasteiger partial charge < -0.3 is 10.1 Å². The molecule has 0 saturated carbocycles. The van der Waals surface area contributed by atoms with Crippen molar-refractivity contribution in [2.45, 2.75) is 37.3 Å². The maximum atomic E-state index is 14.0. The van der Waals surface area contributed by atoms with Gasteiger partial charge in [0.1, 0.15) is 22.1 Å². The van der Waals surface area contributed by atoms with Crippen LogP contribution in [0.25, 0.3) is 0 Å². The summed E-state index contributed by atoms with van der Waals surface area (Å²) in [6, 6.07) is 17.9. The minimum absolute atomic E-state index is 0.0451. The molecule has 1 aromatic heterocycles. The van der Waals surface area contributed by atoms with Gasteiger partial charge in [-0.3, -0.25) is 19.3 Å². The number of thioether (sulfide) groups is 1. The van der Waals surface area contributed by atoms with E-state index in [1.165, 1.54) is 28.0 Å². The van der Waals surface area contributed by atoms with E-state index in [2.05, 4.69) is 31.4 Å². The van der Waals surface area contributed by atoms with Crippen LogP contribution >= 0.6 is 51.2 Å². The van der Waals surface area contributed by atoms with Crippen LogP contribution in [0.4, 0.5) is 0 Å². The molecule has 0 bridgehead atoms. The fourth-order valence-electron chi connectivity index (χ4n) is 4.68. The lowest BCUT2D eigenvalue weighted by atomic mass is 9.99. The average molecular weight is 686 g/mol. The van der Waals surface area contributed by atoms with Crippen molar-refractivity contribution in [3.05, 3.63) is 93.1 Å². The van der Waals surface area contributed by atoms with Gasteiger partial charge in [-0.15, -0.1) is 22.0 Å². The molecule has 9 nitrogen and oxygen atoms in total. The van der Waals surface area contributed by atoms with E-state index < -0.39 is 35.3 Å². The number of carbonyl (C=O) groups is 4. The second-order valence-electron chi connectivity index (χ2n) is 9.59. The Balaban J connectivity index is 1.46. The molecule has 3 aromatic rings. The molecule has 2 atom stereocenters. The smallest absolute Gasteiger partial charge is 0.356 e. The Bertz CT molecular complexity index is 1520. The van der Waals surface area contributed by atoms with E-state index in [1.54, 1.807) is 0 Å². The first kappa shape index (κ1) is 30.2. The summed E-state index contributed by atoms with van der Waals surface area (Å²) in [6.45, 7) is 1.83. The van der Waals surface area contributed by atoms with Gasteiger partial charge in [0.05, 0.1) is 16.6 Å². The molecule has 216 valence electrons. The van der Waals surface area contributed by atoms with Crippen LogP contribution in [-0.4, -0.2) is 66.0 Å². The second kappa shape index (κ2) is 13.4. The quantitative estimate of drug-likeness (QED) is 0.0788. The van der Waals surface area contributed by atoms with Crippen molar-refractivity contribution in [2.24, 2.45) is 0 Å². The molecule has 42 heavy (non-hydrogen) atoms. The van der Waals surface area contributed by atoms with E-state index in [-0.39, 0.29) is 29.7 Å². The SMILES string of the molecule is Cc1nnc(C(=S)CC2=C(C(=O)OC(c3ccccc3)c3ccccc3)N3C(=O)C(NC(=O)CC(=O)CBr)C3SC2)s1. The molecule has 2 amide bonds. The fourth-order valence-corrected chi connectivity index (χ4v) is 7.20. The van der Waals surface area contributed by atoms with Crippen molar-refractivity contribution in [1.29, 1.82) is 0 Å². The fraction of sp³-hybridized carbons (Fsp3) is 0.276. The molecule has 3 heterocycles. The number of carbonyl (C=O) groups excluding carboxylic acids is 4. The Labute approximate surface area is 264 Å². The summed E-state index contributed by atoms with van der Waals surface area (Å²) in [5.74, 6) is -1.59. The van der Waals surface area contributed by atoms with Crippen LogP contribution in [0.2, 0.25) is 0 Å². The molecule has 1 saturated heterocycles. The second-order valence-corrected chi connectivity index (χ2v) is 12.9. The number of benzene rings is 2. The highest BCUT2D eigenvalue weighted by atomic mass is 79.9. The molecule has 5 rings (SSSR count). The third-order valence-corrected chi connectivity index (χ3v) is 9.96. The van der Waals surface area contributed by atoms with Crippen molar-refractivity contribution in [3.8, 4) is 0 Å². The third kappa shape index (κ3) is 6.54. The number of hydrogen-bond acceptors (Lipinski definition) is 10. The number of fused-ring (bicyclic) bond motifs is 1. The van der Waals surface area contributed by atoms with Crippen molar-refractivity contribution in [1.82, 2.24) is 20.4 Å². The van der Waals surface area contributed by atoms with E-state index >= 15 is 0 Å². The minimum atomic E-state index is -0.869. The highest BCUT2D eigenvalue weighted by Crippen LogP contribution is 2.43. The normalized spacial score (nSPS) is 17.9. The lowest BCUT2D eigenvalue weighted by Crippen LogP contribution is -2.70. The predicted molar refractivity (Wildman–Crippen MR) is 167 cm³/mol. The number of esters is 1. The first-order valence-corrected chi connectivity index (χ1v) is 16.3. The summed E-state index contributed by atoms with van der Waals surface area (Å²) in [5, 5.41) is 11.7. The van der Waals surface area contributed by atoms with Gasteiger partial charge >= 0.3 is 5.97 Å². The standard InChI is InChI=1S/C29H25BrN4O5S3/c1-16-32-33-26(42-16)21(40)12-19-15-41-28-23(31-22(36)13-20(35)14-30)27(37)34(28)24(19)29(38)39-25(17-8-4-2-5-9-17)18-10-6-3-7-11-18/h2-11,23,25,28H,12-15H2,1H3,(H,31,36). The molecule has 1 N–H and O–H groups in total. The maximum Gasteiger partial charge on any atom is 0.356 e. The van der Waals surface area contributed by atoms with Crippen molar-refractivity contribution in [2.75, 3.05) is 11.1 Å². The van der Waals surface area contributed by atoms with Gasteiger partial charge in [0, 0.05) is 12.2 Å². The van der Waals surface area contributed by atoms with Crippen LogP contribution < -0.4 is 5.32 Å². The molecule has 0 aliphatic carbocycles. The number of hydrogen-bond donors (Lipinski definition) is 1. The Morgan fingerprint density at radius 3 is 2.31 bits per heavy atom. The molecular formula is C29H25BrN4O5S3. The predicted octanol–water partition coefficient (Wildman–Crippen LogP) is 4.30. The molecule has 2 aliphatic rings. The zero-order chi connectivity index (χ0) is 29.8. The van der Waals surface area contributed by atoms with Gasteiger partial charge in [-0.1, -0.05) is 100 Å². The molecule has 2 aliphatic heterocycles. The van der Waals surface area contributed by atoms with Crippen molar-refractivity contribution >= 4 is 79.7 Å². The van der Waals surface area contributed by atoms with Gasteiger partial charge in [0.25, 0.3) is 5.91 Å². The van der Waals surface area contributed by atoms with Crippen LogP contribution in [0, 0.1) is 6.92 Å². The number of rotatable bonds is 11. The Hall–Kier alpha value is -3.26. The zero-order valence-electron chi connectivity index (χ0n) is 22.3. The number of amides is 2. The number of nitrogens with one attached hydrogen (secondary N) is 1. The van der Waals surface area contributed by atoms with Crippen molar-refractivity contribution in [3.63, 3.8) is 0 Å². The van der Waals surface area contributed by atoms with Gasteiger partial charge in [0.2, 0.25) is 5.91 Å².